The maximum absolute atomic E-state index is 13.2. The van der Waals surface area contributed by atoms with E-state index in [9.17, 15) is 43.2 Å². The Morgan fingerprint density at radius 1 is 0.209 bits per heavy atom. The first-order chi connectivity index (χ1) is 56.2. The van der Waals surface area contributed by atoms with Crippen LogP contribution in [0.2, 0.25) is 0 Å². The molecular formula is C96H188O17P2. The van der Waals surface area contributed by atoms with Crippen molar-refractivity contribution in [3.8, 4) is 0 Å². The van der Waals surface area contributed by atoms with Crippen LogP contribution in [-0.4, -0.2) is 96.7 Å². The van der Waals surface area contributed by atoms with Crippen LogP contribution >= 0.6 is 15.6 Å². The highest BCUT2D eigenvalue weighted by Crippen LogP contribution is 2.45. The largest absolute Gasteiger partial charge is 0.472 e. The number of ether oxygens (including phenoxy) is 4. The number of unbranched alkanes of at least 4 members (excludes halogenated alkanes) is 71. The van der Waals surface area contributed by atoms with Crippen LogP contribution in [0.25, 0.3) is 0 Å². The molecule has 0 aliphatic rings. The molecular weight excluding hydrogens is 1490 g/mol. The average molecular weight is 1680 g/mol. The van der Waals surface area contributed by atoms with Crippen molar-refractivity contribution in [1.29, 1.82) is 0 Å². The first kappa shape index (κ1) is 113. The fourth-order valence-electron chi connectivity index (χ4n) is 15.3. The number of hydrogen-bond donors (Lipinski definition) is 3. The molecule has 0 aromatic heterocycles. The summed E-state index contributed by atoms with van der Waals surface area (Å²) in [5, 5.41) is 10.7. The summed E-state index contributed by atoms with van der Waals surface area (Å²) in [6.45, 7) is 5.12. The van der Waals surface area contributed by atoms with E-state index in [-0.39, 0.29) is 25.7 Å². The van der Waals surface area contributed by atoms with E-state index in [2.05, 4.69) is 27.7 Å². The number of aliphatic hydroxyl groups is 1. The van der Waals surface area contributed by atoms with Crippen molar-refractivity contribution in [3.63, 3.8) is 0 Å². The molecule has 3 N–H and O–H groups in total. The second-order valence-electron chi connectivity index (χ2n) is 34.5. The lowest BCUT2D eigenvalue weighted by Crippen LogP contribution is -2.30. The maximum Gasteiger partial charge on any atom is 0.472 e. The summed E-state index contributed by atoms with van der Waals surface area (Å²) < 4.78 is 69.2. The van der Waals surface area contributed by atoms with Crippen molar-refractivity contribution in [1.82, 2.24) is 0 Å². The van der Waals surface area contributed by atoms with E-state index in [0.29, 0.717) is 25.7 Å². The minimum Gasteiger partial charge on any atom is -0.462 e. The molecule has 0 spiro atoms. The first-order valence-corrected chi connectivity index (χ1v) is 52.8. The van der Waals surface area contributed by atoms with Crippen molar-refractivity contribution >= 4 is 39.5 Å². The monoisotopic (exact) mass is 1680 g/mol. The molecule has 0 aliphatic heterocycles. The van der Waals surface area contributed by atoms with E-state index in [0.717, 1.165) is 89.9 Å². The number of hydrogen-bond acceptors (Lipinski definition) is 15. The molecule has 0 fully saturated rings. The summed E-state index contributed by atoms with van der Waals surface area (Å²) in [4.78, 5) is 73.6. The number of carbonyl (C=O) groups is 4. The van der Waals surface area contributed by atoms with Gasteiger partial charge < -0.3 is 33.8 Å². The van der Waals surface area contributed by atoms with E-state index in [1.165, 1.54) is 366 Å². The molecule has 684 valence electrons. The molecule has 0 radical (unpaired) electrons. The molecule has 0 aromatic carbocycles. The lowest BCUT2D eigenvalue weighted by atomic mass is 10.0. The maximum atomic E-state index is 13.2. The summed E-state index contributed by atoms with van der Waals surface area (Å²) >= 11 is 0. The van der Waals surface area contributed by atoms with Gasteiger partial charge in [0.1, 0.15) is 19.3 Å². The molecule has 115 heavy (non-hydrogen) atoms. The molecule has 0 heterocycles. The topological polar surface area (TPSA) is 237 Å². The lowest BCUT2D eigenvalue weighted by Gasteiger charge is -2.21. The molecule has 0 rings (SSSR count). The van der Waals surface area contributed by atoms with Gasteiger partial charge in [0.05, 0.1) is 26.4 Å². The zero-order valence-electron chi connectivity index (χ0n) is 75.8. The summed E-state index contributed by atoms with van der Waals surface area (Å²) in [5.74, 6) is -2.08. The minimum absolute atomic E-state index is 0.110. The molecule has 2 unspecified atom stereocenters. The van der Waals surface area contributed by atoms with Crippen LogP contribution in [0.4, 0.5) is 0 Å². The highest BCUT2D eigenvalue weighted by Gasteiger charge is 2.31. The Bertz CT molecular complexity index is 2160. The van der Waals surface area contributed by atoms with Gasteiger partial charge in [-0.25, -0.2) is 9.13 Å². The Kier molecular flexibility index (Phi) is 88.3. The Labute approximate surface area is 708 Å². The van der Waals surface area contributed by atoms with Crippen molar-refractivity contribution < 1.29 is 80.2 Å². The SMILES string of the molecule is CCCCCCCCCCCCCCCCCCCCCCCCC(=O)OC[C@H](COP(=O)(O)OC[C@@H](O)COP(=O)(O)OC[C@@H](COC(=O)CCCCCCCCCCCCCCC)OC(=O)CCCCCCCCCCCCCCCCCCCC)OC(=O)CCCCCCCCCCCCCCCCCCCCCCCC. The number of carbonyl (C=O) groups excluding carboxylic acids is 4. The van der Waals surface area contributed by atoms with Gasteiger partial charge >= 0.3 is 39.5 Å². The van der Waals surface area contributed by atoms with Crippen LogP contribution < -0.4 is 0 Å². The zero-order chi connectivity index (χ0) is 83.8. The molecule has 5 atom stereocenters. The van der Waals surface area contributed by atoms with Crippen LogP contribution in [0.15, 0.2) is 0 Å². The summed E-state index contributed by atoms with van der Waals surface area (Å²) in [6, 6.07) is 0. The quantitative estimate of drug-likeness (QED) is 0.0222. The van der Waals surface area contributed by atoms with Gasteiger partial charge in [-0.3, -0.25) is 37.3 Å². The van der Waals surface area contributed by atoms with E-state index in [1.807, 2.05) is 0 Å². The second kappa shape index (κ2) is 89.8. The average Bonchev–Trinajstić information content (AvgIpc) is 0.898. The van der Waals surface area contributed by atoms with Gasteiger partial charge in [-0.15, -0.1) is 0 Å². The number of esters is 4. The Morgan fingerprint density at radius 2 is 0.348 bits per heavy atom. The molecule has 0 aliphatic carbocycles. The van der Waals surface area contributed by atoms with Crippen LogP contribution in [0.5, 0.6) is 0 Å². The van der Waals surface area contributed by atoms with Gasteiger partial charge in [0.2, 0.25) is 0 Å². The summed E-state index contributed by atoms with van der Waals surface area (Å²) in [6.07, 6.45) is 89.1. The van der Waals surface area contributed by atoms with Crippen LogP contribution in [0, 0.1) is 0 Å². The summed E-state index contributed by atoms with van der Waals surface area (Å²) in [7, 11) is -9.94. The lowest BCUT2D eigenvalue weighted by molar-refractivity contribution is -0.161. The molecule has 17 nitrogen and oxygen atoms in total. The first-order valence-electron chi connectivity index (χ1n) is 49.8. The van der Waals surface area contributed by atoms with Gasteiger partial charge in [0, 0.05) is 25.7 Å². The van der Waals surface area contributed by atoms with E-state index in [1.54, 1.807) is 0 Å². The Hall–Kier alpha value is -1.94. The molecule has 0 saturated heterocycles. The Balaban J connectivity index is 5.24. The predicted molar refractivity (Wildman–Crippen MR) is 479 cm³/mol. The molecule has 0 aromatic rings. The minimum atomic E-state index is -4.97. The number of phosphoric acid groups is 2. The van der Waals surface area contributed by atoms with E-state index >= 15 is 0 Å². The third kappa shape index (κ3) is 89.6. The van der Waals surface area contributed by atoms with E-state index < -0.39 is 97.5 Å². The Morgan fingerprint density at radius 3 is 0.513 bits per heavy atom. The number of phosphoric ester groups is 2. The highest BCUT2D eigenvalue weighted by atomic mass is 31.2. The molecule has 19 heteroatoms. The number of aliphatic hydroxyl groups excluding tert-OH is 1. The molecule has 0 bridgehead atoms. The third-order valence-electron chi connectivity index (χ3n) is 22.9. The molecule has 0 saturated carbocycles. The number of rotatable bonds is 97. The van der Waals surface area contributed by atoms with Gasteiger partial charge in [0.25, 0.3) is 0 Å². The van der Waals surface area contributed by atoms with Gasteiger partial charge in [-0.1, -0.05) is 484 Å². The second-order valence-corrected chi connectivity index (χ2v) is 37.4. The van der Waals surface area contributed by atoms with Gasteiger partial charge in [0.15, 0.2) is 12.2 Å². The fraction of sp³-hybridized carbons (Fsp3) is 0.958. The van der Waals surface area contributed by atoms with Crippen LogP contribution in [-0.2, 0) is 65.4 Å². The molecule has 0 amide bonds. The van der Waals surface area contributed by atoms with Crippen molar-refractivity contribution in [2.75, 3.05) is 39.6 Å². The fourth-order valence-corrected chi connectivity index (χ4v) is 16.9. The van der Waals surface area contributed by atoms with Gasteiger partial charge in [-0.05, 0) is 25.7 Å². The predicted octanol–water partition coefficient (Wildman–Crippen LogP) is 30.4. The van der Waals surface area contributed by atoms with Crippen molar-refractivity contribution in [3.05, 3.63) is 0 Å². The van der Waals surface area contributed by atoms with Gasteiger partial charge in [-0.2, -0.15) is 0 Å². The van der Waals surface area contributed by atoms with Crippen LogP contribution in [0.3, 0.4) is 0 Å². The normalized spacial score (nSPS) is 13.6. The smallest absolute Gasteiger partial charge is 0.462 e. The van der Waals surface area contributed by atoms with E-state index in [4.69, 9.17) is 37.0 Å². The third-order valence-corrected chi connectivity index (χ3v) is 24.8. The standard InChI is InChI=1S/C96H188O17P2/c1-5-9-13-17-21-25-29-33-36-39-42-44-46-48-51-53-57-61-65-69-73-77-81-94(99)107-87-92(113-96(101)83-79-75-71-67-63-59-55-52-49-47-45-43-40-37-34-30-26-22-18-14-10-6-2)89-111-115(104,105)109-85-90(97)84-108-114(102,103)110-88-91(86-106-93(98)80-76-72-68-64-60-56-32-28-24-20-16-12-8-4)112-95(100)82-78-74-70-66-62-58-54-50-41-38-35-31-27-23-19-15-11-7-3/h90-92,97H,5-89H2,1-4H3,(H,102,103)(H,104,105)/t90-,91+,92+/m0/s1. The zero-order valence-corrected chi connectivity index (χ0v) is 77.6. The van der Waals surface area contributed by atoms with Crippen molar-refractivity contribution in [2.24, 2.45) is 0 Å². The van der Waals surface area contributed by atoms with Crippen molar-refractivity contribution in [2.45, 2.75) is 553 Å². The highest BCUT2D eigenvalue weighted by molar-refractivity contribution is 7.47. The summed E-state index contributed by atoms with van der Waals surface area (Å²) in [5.41, 5.74) is 0. The van der Waals surface area contributed by atoms with Crippen LogP contribution in [0.1, 0.15) is 535 Å².